The summed E-state index contributed by atoms with van der Waals surface area (Å²) in [6.45, 7) is 0.460. The van der Waals surface area contributed by atoms with Gasteiger partial charge in [-0.2, -0.15) is 9.57 Å². The molecule has 0 amide bonds. The van der Waals surface area contributed by atoms with Crippen LogP contribution in [0.25, 0.3) is 0 Å². The SMILES string of the molecule is Cn1c([C@H]2CCCN2S(=O)(=O)c2ccc(C#N)c(Cl)c2)nc2c1CCCC2. The highest BCUT2D eigenvalue weighted by Gasteiger charge is 2.39. The molecule has 1 aromatic carbocycles. The van der Waals surface area contributed by atoms with Crippen LogP contribution in [0.2, 0.25) is 5.02 Å². The van der Waals surface area contributed by atoms with Crippen LogP contribution in [0.1, 0.15) is 54.5 Å². The molecule has 0 saturated carbocycles. The molecule has 6 nitrogen and oxygen atoms in total. The monoisotopic (exact) mass is 404 g/mol. The van der Waals surface area contributed by atoms with Crippen molar-refractivity contribution in [3.63, 3.8) is 0 Å². The second kappa shape index (κ2) is 6.93. The van der Waals surface area contributed by atoms with E-state index in [0.29, 0.717) is 6.54 Å². The van der Waals surface area contributed by atoms with Gasteiger partial charge in [-0.25, -0.2) is 13.4 Å². The molecule has 2 heterocycles. The summed E-state index contributed by atoms with van der Waals surface area (Å²) in [5, 5.41) is 9.17. The van der Waals surface area contributed by atoms with Crippen molar-refractivity contribution in [1.82, 2.24) is 13.9 Å². The van der Waals surface area contributed by atoms with Gasteiger partial charge in [0.05, 0.1) is 27.2 Å². The molecule has 142 valence electrons. The summed E-state index contributed by atoms with van der Waals surface area (Å²) in [7, 11) is -1.72. The van der Waals surface area contributed by atoms with E-state index in [1.54, 1.807) is 4.31 Å². The van der Waals surface area contributed by atoms with Crippen LogP contribution in [0, 0.1) is 11.3 Å². The van der Waals surface area contributed by atoms with Gasteiger partial charge in [-0.05, 0) is 56.7 Å². The van der Waals surface area contributed by atoms with Crippen molar-refractivity contribution in [3.8, 4) is 6.07 Å². The van der Waals surface area contributed by atoms with Gasteiger partial charge < -0.3 is 4.57 Å². The normalized spacial score (nSPS) is 20.4. The fourth-order valence-electron chi connectivity index (χ4n) is 4.17. The Hall–Kier alpha value is -1.88. The zero-order chi connectivity index (χ0) is 19.2. The molecule has 1 fully saturated rings. The number of nitrogens with zero attached hydrogens (tertiary/aromatic N) is 4. The van der Waals surface area contributed by atoms with Crippen LogP contribution < -0.4 is 0 Å². The number of halogens is 1. The molecule has 1 aromatic heterocycles. The highest BCUT2D eigenvalue weighted by Crippen LogP contribution is 2.38. The fraction of sp³-hybridized carbons (Fsp3) is 0.474. The lowest BCUT2D eigenvalue weighted by molar-refractivity contribution is 0.376. The largest absolute Gasteiger partial charge is 0.333 e. The lowest BCUT2D eigenvalue weighted by atomic mass is 10.0. The molecule has 0 unspecified atom stereocenters. The molecule has 1 aliphatic carbocycles. The molecule has 1 aliphatic heterocycles. The summed E-state index contributed by atoms with van der Waals surface area (Å²) in [4.78, 5) is 4.94. The predicted molar refractivity (Wildman–Crippen MR) is 102 cm³/mol. The maximum atomic E-state index is 13.3. The number of nitriles is 1. The van der Waals surface area contributed by atoms with Crippen molar-refractivity contribution in [2.75, 3.05) is 6.54 Å². The van der Waals surface area contributed by atoms with Crippen molar-refractivity contribution in [1.29, 1.82) is 5.26 Å². The number of aryl methyl sites for hydroxylation is 1. The molecule has 0 N–H and O–H groups in total. The van der Waals surface area contributed by atoms with Crippen LogP contribution in [0.15, 0.2) is 23.1 Å². The molecule has 2 aliphatic rings. The van der Waals surface area contributed by atoms with E-state index in [1.807, 2.05) is 13.1 Å². The minimum absolute atomic E-state index is 0.123. The van der Waals surface area contributed by atoms with Gasteiger partial charge in [0, 0.05) is 19.3 Å². The first-order chi connectivity index (χ1) is 12.9. The number of rotatable bonds is 3. The highest BCUT2D eigenvalue weighted by molar-refractivity contribution is 7.89. The van der Waals surface area contributed by atoms with Crippen LogP contribution in [0.4, 0.5) is 0 Å². The third-order valence-corrected chi connectivity index (χ3v) is 7.79. The average Bonchev–Trinajstić information content (AvgIpc) is 3.27. The maximum absolute atomic E-state index is 13.3. The molecule has 2 aromatic rings. The summed E-state index contributed by atoms with van der Waals surface area (Å²) < 4.78 is 30.2. The van der Waals surface area contributed by atoms with Crippen molar-refractivity contribution in [3.05, 3.63) is 46.0 Å². The first kappa shape index (κ1) is 18.5. The van der Waals surface area contributed by atoms with Gasteiger partial charge in [-0.15, -0.1) is 0 Å². The van der Waals surface area contributed by atoms with Gasteiger partial charge in [-0.1, -0.05) is 11.6 Å². The molecule has 0 spiro atoms. The van der Waals surface area contributed by atoms with Crippen molar-refractivity contribution in [2.45, 2.75) is 49.5 Å². The minimum atomic E-state index is -3.72. The number of sulfonamides is 1. The number of hydrogen-bond acceptors (Lipinski definition) is 4. The third-order valence-electron chi connectivity index (χ3n) is 5.58. The molecular formula is C19H21ClN4O2S. The Kier molecular flexibility index (Phi) is 4.75. The Morgan fingerprint density at radius 1 is 1.26 bits per heavy atom. The summed E-state index contributed by atoms with van der Waals surface area (Å²) in [6, 6.07) is 5.98. The van der Waals surface area contributed by atoms with Gasteiger partial charge in [0.25, 0.3) is 0 Å². The zero-order valence-electron chi connectivity index (χ0n) is 15.2. The van der Waals surface area contributed by atoms with Crippen molar-refractivity contribution < 1.29 is 8.42 Å². The highest BCUT2D eigenvalue weighted by atomic mass is 35.5. The quantitative estimate of drug-likeness (QED) is 0.785. The molecule has 0 radical (unpaired) electrons. The fourth-order valence-corrected chi connectivity index (χ4v) is 6.14. The predicted octanol–water partition coefficient (Wildman–Crippen LogP) is 3.35. The Labute approximate surface area is 164 Å². The summed E-state index contributed by atoms with van der Waals surface area (Å²) in [5.74, 6) is 0.836. The number of fused-ring (bicyclic) bond motifs is 1. The topological polar surface area (TPSA) is 79.0 Å². The van der Waals surface area contributed by atoms with E-state index in [4.69, 9.17) is 21.8 Å². The summed E-state index contributed by atoms with van der Waals surface area (Å²) >= 11 is 6.07. The minimum Gasteiger partial charge on any atom is -0.333 e. The van der Waals surface area contributed by atoms with Crippen LogP contribution in [0.3, 0.4) is 0 Å². The van der Waals surface area contributed by atoms with Gasteiger partial charge >= 0.3 is 0 Å². The second-order valence-corrected chi connectivity index (χ2v) is 9.45. The molecule has 8 heteroatoms. The Morgan fingerprint density at radius 3 is 2.74 bits per heavy atom. The first-order valence-electron chi connectivity index (χ1n) is 9.19. The smallest absolute Gasteiger partial charge is 0.243 e. The van der Waals surface area contributed by atoms with Gasteiger partial charge in [0.1, 0.15) is 11.9 Å². The standard InChI is InChI=1S/C19H21ClN4O2S/c1-23-17-6-3-2-5-16(17)22-19(23)18-7-4-10-24(18)27(25,26)14-9-8-13(12-21)15(20)11-14/h8-9,11,18H,2-7,10H2,1H3/t18-/m1/s1. The number of aromatic nitrogens is 2. The summed E-state index contributed by atoms with van der Waals surface area (Å²) in [6.07, 6.45) is 5.82. The summed E-state index contributed by atoms with van der Waals surface area (Å²) in [5.41, 5.74) is 2.62. The van der Waals surface area contributed by atoms with Crippen LogP contribution in [-0.2, 0) is 29.9 Å². The maximum Gasteiger partial charge on any atom is 0.243 e. The Balaban J connectivity index is 1.72. The van der Waals surface area contributed by atoms with E-state index in [1.165, 1.54) is 23.9 Å². The molecule has 1 saturated heterocycles. The van der Waals surface area contributed by atoms with E-state index in [2.05, 4.69) is 4.57 Å². The van der Waals surface area contributed by atoms with Gasteiger partial charge in [0.15, 0.2) is 0 Å². The van der Waals surface area contributed by atoms with E-state index in [0.717, 1.165) is 50.0 Å². The molecule has 1 atom stereocenters. The van der Waals surface area contributed by atoms with Crippen molar-refractivity contribution >= 4 is 21.6 Å². The van der Waals surface area contributed by atoms with E-state index < -0.39 is 10.0 Å². The molecular weight excluding hydrogens is 384 g/mol. The molecule has 4 rings (SSSR count). The Morgan fingerprint density at radius 2 is 2.04 bits per heavy atom. The Bertz CT molecular complexity index is 1040. The number of hydrogen-bond donors (Lipinski definition) is 0. The average molecular weight is 405 g/mol. The third kappa shape index (κ3) is 3.06. The molecule has 0 bridgehead atoms. The first-order valence-corrected chi connectivity index (χ1v) is 11.0. The lowest BCUT2D eigenvalue weighted by Crippen LogP contribution is -2.32. The lowest BCUT2D eigenvalue weighted by Gasteiger charge is -2.24. The number of benzene rings is 1. The van der Waals surface area contributed by atoms with Crippen LogP contribution >= 0.6 is 11.6 Å². The van der Waals surface area contributed by atoms with E-state index in [9.17, 15) is 8.42 Å². The van der Waals surface area contributed by atoms with Crippen molar-refractivity contribution in [2.24, 2.45) is 7.05 Å². The zero-order valence-corrected chi connectivity index (χ0v) is 16.7. The van der Waals surface area contributed by atoms with Crippen LogP contribution in [0.5, 0.6) is 0 Å². The second-order valence-electron chi connectivity index (χ2n) is 7.16. The molecule has 27 heavy (non-hydrogen) atoms. The van der Waals surface area contributed by atoms with Gasteiger partial charge in [0.2, 0.25) is 10.0 Å². The number of imidazole rings is 1. The van der Waals surface area contributed by atoms with Crippen LogP contribution in [-0.4, -0.2) is 28.8 Å². The van der Waals surface area contributed by atoms with E-state index in [-0.39, 0.29) is 21.5 Å². The van der Waals surface area contributed by atoms with Gasteiger partial charge in [-0.3, -0.25) is 0 Å². The van der Waals surface area contributed by atoms with E-state index >= 15 is 0 Å².